The molecule has 2 N–H and O–H groups in total. The zero-order chi connectivity index (χ0) is 13.3. The minimum absolute atomic E-state index is 0.123. The van der Waals surface area contributed by atoms with Gasteiger partial charge in [-0.3, -0.25) is 4.79 Å². The van der Waals surface area contributed by atoms with Gasteiger partial charge in [-0.05, 0) is 49.9 Å². The summed E-state index contributed by atoms with van der Waals surface area (Å²) in [6, 6.07) is 0.123. The molecule has 0 aromatic rings. The molecule has 1 atom stereocenters. The molecule has 1 saturated heterocycles. The van der Waals surface area contributed by atoms with Crippen molar-refractivity contribution in [2.45, 2.75) is 70.3 Å². The standard InChI is InChI=1S/C16H28N2O/c17-14(13-4-5-13)12-15(19)18-10-8-16(9-11-18)6-2-1-3-7-16/h13-14H,1-12,17H2. The third kappa shape index (κ3) is 3.13. The summed E-state index contributed by atoms with van der Waals surface area (Å²) in [5, 5.41) is 0. The molecular formula is C16H28N2O. The molecule has 19 heavy (non-hydrogen) atoms. The van der Waals surface area contributed by atoms with E-state index in [1.807, 2.05) is 0 Å². The third-order valence-corrected chi connectivity index (χ3v) is 5.73. The Balaban J connectivity index is 1.47. The first-order chi connectivity index (χ1) is 9.19. The van der Waals surface area contributed by atoms with Crippen molar-refractivity contribution >= 4 is 5.91 Å². The monoisotopic (exact) mass is 264 g/mol. The zero-order valence-corrected chi connectivity index (χ0v) is 12.1. The van der Waals surface area contributed by atoms with Crippen LogP contribution in [-0.4, -0.2) is 29.9 Å². The van der Waals surface area contributed by atoms with E-state index in [1.54, 1.807) is 0 Å². The van der Waals surface area contributed by atoms with Gasteiger partial charge in [-0.1, -0.05) is 19.3 Å². The Bertz CT molecular complexity index is 322. The van der Waals surface area contributed by atoms with Gasteiger partial charge in [-0.2, -0.15) is 0 Å². The molecule has 3 aliphatic rings. The van der Waals surface area contributed by atoms with Crippen molar-refractivity contribution in [1.82, 2.24) is 4.90 Å². The molecule has 1 spiro atoms. The summed E-state index contributed by atoms with van der Waals surface area (Å²) in [6.07, 6.45) is 12.5. The molecule has 1 unspecified atom stereocenters. The van der Waals surface area contributed by atoms with Crippen LogP contribution >= 0.6 is 0 Å². The summed E-state index contributed by atoms with van der Waals surface area (Å²) in [5.41, 5.74) is 6.67. The van der Waals surface area contributed by atoms with Crippen LogP contribution in [0.15, 0.2) is 0 Å². The predicted octanol–water partition coefficient (Wildman–Crippen LogP) is 2.69. The number of nitrogens with two attached hydrogens (primary N) is 1. The maximum atomic E-state index is 12.3. The van der Waals surface area contributed by atoms with Gasteiger partial charge in [0.25, 0.3) is 0 Å². The number of amides is 1. The van der Waals surface area contributed by atoms with Crippen LogP contribution < -0.4 is 5.73 Å². The molecule has 2 saturated carbocycles. The molecule has 0 aromatic carbocycles. The molecule has 3 nitrogen and oxygen atoms in total. The summed E-state index contributed by atoms with van der Waals surface area (Å²) in [6.45, 7) is 1.96. The van der Waals surface area contributed by atoms with E-state index in [0.717, 1.165) is 13.1 Å². The minimum atomic E-state index is 0.123. The highest BCUT2D eigenvalue weighted by atomic mass is 16.2. The van der Waals surface area contributed by atoms with E-state index in [2.05, 4.69) is 4.90 Å². The number of hydrogen-bond acceptors (Lipinski definition) is 2. The summed E-state index contributed by atoms with van der Waals surface area (Å²) < 4.78 is 0. The van der Waals surface area contributed by atoms with Gasteiger partial charge in [-0.15, -0.1) is 0 Å². The van der Waals surface area contributed by atoms with Crippen LogP contribution in [0.4, 0.5) is 0 Å². The van der Waals surface area contributed by atoms with E-state index in [-0.39, 0.29) is 6.04 Å². The average Bonchev–Trinajstić information content (AvgIpc) is 3.24. The number of piperidine rings is 1. The predicted molar refractivity (Wildman–Crippen MR) is 76.6 cm³/mol. The fourth-order valence-corrected chi connectivity index (χ4v) is 4.05. The van der Waals surface area contributed by atoms with Crippen LogP contribution in [-0.2, 0) is 4.79 Å². The van der Waals surface area contributed by atoms with E-state index in [1.165, 1.54) is 57.8 Å². The Labute approximate surface area is 116 Å². The molecule has 2 aliphatic carbocycles. The van der Waals surface area contributed by atoms with E-state index in [4.69, 9.17) is 5.73 Å². The Morgan fingerprint density at radius 3 is 2.32 bits per heavy atom. The smallest absolute Gasteiger partial charge is 0.224 e. The van der Waals surface area contributed by atoms with Gasteiger partial charge in [0.2, 0.25) is 5.91 Å². The second-order valence-electron chi connectivity index (χ2n) is 7.15. The number of carbonyl (C=O) groups excluding carboxylic acids is 1. The quantitative estimate of drug-likeness (QED) is 0.852. The van der Waals surface area contributed by atoms with Crippen LogP contribution in [0.3, 0.4) is 0 Å². The Morgan fingerprint density at radius 2 is 1.74 bits per heavy atom. The highest BCUT2D eigenvalue weighted by Gasteiger charge is 2.37. The highest BCUT2D eigenvalue weighted by molar-refractivity contribution is 5.77. The molecule has 0 aromatic heterocycles. The molecular weight excluding hydrogens is 236 g/mol. The SMILES string of the molecule is NC(CC(=O)N1CCC2(CCCCC2)CC1)C1CC1. The van der Waals surface area contributed by atoms with Crippen molar-refractivity contribution in [2.75, 3.05) is 13.1 Å². The van der Waals surface area contributed by atoms with Gasteiger partial charge in [0, 0.05) is 25.6 Å². The molecule has 0 bridgehead atoms. The Kier molecular flexibility index (Phi) is 3.84. The van der Waals surface area contributed by atoms with Crippen LogP contribution in [0.1, 0.15) is 64.2 Å². The summed E-state index contributed by atoms with van der Waals surface area (Å²) in [7, 11) is 0. The van der Waals surface area contributed by atoms with Crippen LogP contribution in [0, 0.1) is 11.3 Å². The van der Waals surface area contributed by atoms with Gasteiger partial charge < -0.3 is 10.6 Å². The van der Waals surface area contributed by atoms with Crippen molar-refractivity contribution < 1.29 is 4.79 Å². The number of hydrogen-bond donors (Lipinski definition) is 1. The van der Waals surface area contributed by atoms with E-state index in [9.17, 15) is 4.79 Å². The highest BCUT2D eigenvalue weighted by Crippen LogP contribution is 2.44. The number of nitrogens with zero attached hydrogens (tertiary/aromatic N) is 1. The van der Waals surface area contributed by atoms with Crippen molar-refractivity contribution in [3.63, 3.8) is 0 Å². The largest absolute Gasteiger partial charge is 0.343 e. The molecule has 1 amide bonds. The van der Waals surface area contributed by atoms with Crippen molar-refractivity contribution in [1.29, 1.82) is 0 Å². The van der Waals surface area contributed by atoms with E-state index in [0.29, 0.717) is 23.7 Å². The Morgan fingerprint density at radius 1 is 1.11 bits per heavy atom. The normalized spacial score (nSPS) is 28.4. The maximum Gasteiger partial charge on any atom is 0.224 e. The zero-order valence-electron chi connectivity index (χ0n) is 12.1. The van der Waals surface area contributed by atoms with Crippen molar-refractivity contribution in [2.24, 2.45) is 17.1 Å². The van der Waals surface area contributed by atoms with Gasteiger partial charge in [0.05, 0.1) is 0 Å². The topological polar surface area (TPSA) is 46.3 Å². The molecule has 1 heterocycles. The molecule has 108 valence electrons. The lowest BCUT2D eigenvalue weighted by Crippen LogP contribution is -2.45. The van der Waals surface area contributed by atoms with Crippen molar-refractivity contribution in [3.05, 3.63) is 0 Å². The first-order valence-corrected chi connectivity index (χ1v) is 8.22. The fourth-order valence-electron chi connectivity index (χ4n) is 4.05. The van der Waals surface area contributed by atoms with E-state index >= 15 is 0 Å². The average molecular weight is 264 g/mol. The van der Waals surface area contributed by atoms with E-state index < -0.39 is 0 Å². The molecule has 3 fully saturated rings. The lowest BCUT2D eigenvalue weighted by atomic mass is 9.68. The number of rotatable bonds is 3. The third-order valence-electron chi connectivity index (χ3n) is 5.73. The van der Waals surface area contributed by atoms with Crippen LogP contribution in [0.2, 0.25) is 0 Å². The second-order valence-corrected chi connectivity index (χ2v) is 7.15. The number of carbonyl (C=O) groups is 1. The minimum Gasteiger partial charge on any atom is -0.343 e. The molecule has 0 radical (unpaired) electrons. The maximum absolute atomic E-state index is 12.3. The lowest BCUT2D eigenvalue weighted by Gasteiger charge is -2.44. The van der Waals surface area contributed by atoms with Crippen molar-refractivity contribution in [3.8, 4) is 0 Å². The van der Waals surface area contributed by atoms with Crippen LogP contribution in [0.25, 0.3) is 0 Å². The molecule has 3 heteroatoms. The summed E-state index contributed by atoms with van der Waals surface area (Å²) >= 11 is 0. The molecule has 3 rings (SSSR count). The summed E-state index contributed by atoms with van der Waals surface area (Å²) in [5.74, 6) is 0.948. The fraction of sp³-hybridized carbons (Fsp3) is 0.938. The lowest BCUT2D eigenvalue weighted by molar-refractivity contribution is -0.134. The second kappa shape index (κ2) is 5.43. The molecule has 1 aliphatic heterocycles. The first-order valence-electron chi connectivity index (χ1n) is 8.22. The van der Waals surface area contributed by atoms with Gasteiger partial charge in [0.15, 0.2) is 0 Å². The number of likely N-dealkylation sites (tertiary alicyclic amines) is 1. The summed E-state index contributed by atoms with van der Waals surface area (Å²) in [4.78, 5) is 14.3. The van der Waals surface area contributed by atoms with Gasteiger partial charge >= 0.3 is 0 Å². The van der Waals surface area contributed by atoms with Gasteiger partial charge in [0.1, 0.15) is 0 Å². The van der Waals surface area contributed by atoms with Crippen LogP contribution in [0.5, 0.6) is 0 Å². The van der Waals surface area contributed by atoms with Gasteiger partial charge in [-0.25, -0.2) is 0 Å². The first kappa shape index (κ1) is 13.4. The Hall–Kier alpha value is -0.570.